The van der Waals surface area contributed by atoms with Crippen LogP contribution in [0.5, 0.6) is 5.75 Å². The number of nitrogens with zero attached hydrogens (tertiary/aromatic N) is 5. The normalized spacial score (nSPS) is 17.0. The molecule has 4 aromatic rings. The summed E-state index contributed by atoms with van der Waals surface area (Å²) in [4.78, 5) is 24.1. The molecule has 1 fully saturated rings. The molecule has 1 saturated heterocycles. The van der Waals surface area contributed by atoms with Crippen molar-refractivity contribution in [3.05, 3.63) is 89.2 Å². The Morgan fingerprint density at radius 2 is 1.73 bits per heavy atom. The SMILES string of the molecule is Cc1cc(C)c(N2C(=NC(=O)NC(C)c3ccc(-c4ncn(-c5ccc(OC(F)(F)F)cc5)n4)cc3)SCCC2C)c(C)c1. The molecule has 230 valence electrons. The van der Waals surface area contributed by atoms with Crippen LogP contribution in [0.1, 0.15) is 48.6 Å². The average molecular weight is 623 g/mol. The lowest BCUT2D eigenvalue weighted by Gasteiger charge is -2.37. The van der Waals surface area contributed by atoms with Crippen LogP contribution in [-0.4, -0.2) is 44.1 Å². The van der Waals surface area contributed by atoms with Crippen LogP contribution in [0.3, 0.4) is 0 Å². The summed E-state index contributed by atoms with van der Waals surface area (Å²) >= 11 is 1.59. The van der Waals surface area contributed by atoms with Crippen molar-refractivity contribution in [1.29, 1.82) is 0 Å². The number of ether oxygens (including phenoxy) is 1. The van der Waals surface area contributed by atoms with Gasteiger partial charge in [-0.3, -0.25) is 0 Å². The molecular formula is C32H33F3N6O2S. The van der Waals surface area contributed by atoms with E-state index in [9.17, 15) is 18.0 Å². The molecule has 1 aliphatic heterocycles. The summed E-state index contributed by atoms with van der Waals surface area (Å²) in [5, 5.41) is 8.13. The van der Waals surface area contributed by atoms with Crippen molar-refractivity contribution in [2.24, 2.45) is 4.99 Å². The number of benzene rings is 3. The van der Waals surface area contributed by atoms with Gasteiger partial charge in [-0.2, -0.15) is 4.99 Å². The van der Waals surface area contributed by atoms with E-state index < -0.39 is 12.4 Å². The molecule has 2 heterocycles. The van der Waals surface area contributed by atoms with Crippen LogP contribution in [0, 0.1) is 20.8 Å². The van der Waals surface area contributed by atoms with Gasteiger partial charge in [-0.15, -0.1) is 18.3 Å². The lowest BCUT2D eigenvalue weighted by atomic mass is 10.0. The Labute approximate surface area is 258 Å². The average Bonchev–Trinajstić information content (AvgIpc) is 3.44. The monoisotopic (exact) mass is 622 g/mol. The Bertz CT molecular complexity index is 1650. The molecule has 2 atom stereocenters. The number of hydrogen-bond acceptors (Lipinski definition) is 5. The first kappa shape index (κ1) is 31.1. The maximum atomic E-state index is 13.1. The first-order valence-electron chi connectivity index (χ1n) is 14.1. The van der Waals surface area contributed by atoms with E-state index in [-0.39, 0.29) is 17.8 Å². The molecule has 2 unspecified atom stereocenters. The highest BCUT2D eigenvalue weighted by atomic mass is 32.2. The van der Waals surface area contributed by atoms with Crippen molar-refractivity contribution in [2.75, 3.05) is 10.7 Å². The molecule has 3 aromatic carbocycles. The quantitative estimate of drug-likeness (QED) is 0.235. The van der Waals surface area contributed by atoms with Gasteiger partial charge in [0.2, 0.25) is 0 Å². The molecule has 0 saturated carbocycles. The Kier molecular flexibility index (Phi) is 9.00. The van der Waals surface area contributed by atoms with Crippen molar-refractivity contribution in [2.45, 2.75) is 59.5 Å². The largest absolute Gasteiger partial charge is 0.573 e. The molecule has 2 amide bonds. The van der Waals surface area contributed by atoms with Crippen LogP contribution in [0.15, 0.2) is 72.0 Å². The zero-order valence-electron chi connectivity index (χ0n) is 25.0. The predicted molar refractivity (Wildman–Crippen MR) is 168 cm³/mol. The second-order valence-corrected chi connectivity index (χ2v) is 11.9. The molecule has 0 bridgehead atoms. The van der Waals surface area contributed by atoms with Crippen LogP contribution in [-0.2, 0) is 0 Å². The maximum absolute atomic E-state index is 13.1. The highest BCUT2D eigenvalue weighted by Gasteiger charge is 2.31. The van der Waals surface area contributed by atoms with E-state index >= 15 is 0 Å². The van der Waals surface area contributed by atoms with E-state index in [0.717, 1.165) is 40.1 Å². The number of amidine groups is 1. The van der Waals surface area contributed by atoms with Crippen molar-refractivity contribution in [3.63, 3.8) is 0 Å². The third-order valence-corrected chi connectivity index (χ3v) is 8.31. The Morgan fingerprint density at radius 3 is 2.36 bits per heavy atom. The number of aryl methyl sites for hydroxylation is 3. The van der Waals surface area contributed by atoms with Crippen molar-refractivity contribution in [3.8, 4) is 22.8 Å². The molecule has 44 heavy (non-hydrogen) atoms. The minimum atomic E-state index is -4.75. The van der Waals surface area contributed by atoms with Crippen LogP contribution in [0.2, 0.25) is 0 Å². The summed E-state index contributed by atoms with van der Waals surface area (Å²) in [7, 11) is 0. The molecule has 0 aliphatic carbocycles. The molecule has 1 aliphatic rings. The molecule has 0 radical (unpaired) electrons. The first-order valence-corrected chi connectivity index (χ1v) is 15.1. The van der Waals surface area contributed by atoms with E-state index in [0.29, 0.717) is 16.7 Å². The van der Waals surface area contributed by atoms with Gasteiger partial charge in [-0.1, -0.05) is 53.7 Å². The third kappa shape index (κ3) is 7.24. The Hall–Kier alpha value is -4.32. The van der Waals surface area contributed by atoms with Crippen LogP contribution in [0.4, 0.5) is 23.7 Å². The highest BCUT2D eigenvalue weighted by molar-refractivity contribution is 8.14. The van der Waals surface area contributed by atoms with E-state index in [1.54, 1.807) is 11.8 Å². The number of aromatic nitrogens is 3. The fourth-order valence-corrected chi connectivity index (χ4v) is 6.49. The van der Waals surface area contributed by atoms with Crippen molar-refractivity contribution < 1.29 is 22.7 Å². The lowest BCUT2D eigenvalue weighted by molar-refractivity contribution is -0.274. The summed E-state index contributed by atoms with van der Waals surface area (Å²) < 4.78 is 42.7. The number of hydrogen-bond donors (Lipinski definition) is 1. The molecule has 1 N–H and O–H groups in total. The van der Waals surface area contributed by atoms with Gasteiger partial charge in [0, 0.05) is 23.0 Å². The zero-order valence-corrected chi connectivity index (χ0v) is 25.8. The predicted octanol–water partition coefficient (Wildman–Crippen LogP) is 7.92. The summed E-state index contributed by atoms with van der Waals surface area (Å²) in [5.41, 5.74) is 6.79. The standard InChI is InChI=1S/C32H33F3N6O2S/c1-19-16-20(2)28(21(3)17-19)41-22(4)14-15-44-31(41)38-30(42)37-23(5)24-6-8-25(9-7-24)29-36-18-40(39-29)26-10-12-27(13-11-26)43-32(33,34)35/h6-13,16-18,22-23H,14-15H2,1-5H3,(H,37,42). The molecular weight excluding hydrogens is 589 g/mol. The Morgan fingerprint density at radius 1 is 1.07 bits per heavy atom. The molecule has 8 nitrogen and oxygen atoms in total. The number of amides is 2. The van der Waals surface area contributed by atoms with Crippen molar-refractivity contribution in [1.82, 2.24) is 20.1 Å². The fraction of sp³-hybridized carbons (Fsp3) is 0.312. The summed E-state index contributed by atoms with van der Waals surface area (Å²) in [6.07, 6.45) is -2.27. The van der Waals surface area contributed by atoms with Crippen LogP contribution in [0.25, 0.3) is 17.1 Å². The first-order chi connectivity index (χ1) is 20.9. The molecule has 5 rings (SSSR count). The van der Waals surface area contributed by atoms with Gasteiger partial charge in [-0.25, -0.2) is 14.5 Å². The smallest absolute Gasteiger partial charge is 0.406 e. The number of anilines is 1. The molecule has 1 aromatic heterocycles. The van der Waals surface area contributed by atoms with Crippen molar-refractivity contribution >= 4 is 28.6 Å². The van der Waals surface area contributed by atoms with Gasteiger partial charge in [0.05, 0.1) is 11.7 Å². The number of thioether (sulfide) groups is 1. The number of carbonyl (C=O) groups excluding carboxylic acids is 1. The fourth-order valence-electron chi connectivity index (χ4n) is 5.29. The van der Waals surface area contributed by atoms with Crippen LogP contribution >= 0.6 is 11.8 Å². The highest BCUT2D eigenvalue weighted by Crippen LogP contribution is 2.35. The second kappa shape index (κ2) is 12.7. The van der Waals surface area contributed by atoms with Gasteiger partial charge >= 0.3 is 12.4 Å². The topological polar surface area (TPSA) is 84.6 Å². The number of urea groups is 1. The van der Waals surface area contributed by atoms with E-state index in [2.05, 4.69) is 69.9 Å². The maximum Gasteiger partial charge on any atom is 0.573 e. The lowest BCUT2D eigenvalue weighted by Crippen LogP contribution is -2.43. The number of alkyl halides is 3. The summed E-state index contributed by atoms with van der Waals surface area (Å²) in [6.45, 7) is 10.3. The van der Waals surface area contributed by atoms with E-state index in [1.165, 1.54) is 40.8 Å². The number of halogens is 3. The van der Waals surface area contributed by atoms with Crippen LogP contribution < -0.4 is 15.0 Å². The van der Waals surface area contributed by atoms with E-state index in [4.69, 9.17) is 0 Å². The number of carbonyl (C=O) groups is 1. The zero-order chi connectivity index (χ0) is 31.6. The van der Waals surface area contributed by atoms with Gasteiger partial charge in [0.25, 0.3) is 0 Å². The minimum absolute atomic E-state index is 0.215. The van der Waals surface area contributed by atoms with Gasteiger partial charge in [-0.05, 0) is 82.0 Å². The van der Waals surface area contributed by atoms with Gasteiger partial charge in [0.1, 0.15) is 12.1 Å². The molecule has 12 heteroatoms. The summed E-state index contributed by atoms with van der Waals surface area (Å²) in [5.74, 6) is 1.03. The minimum Gasteiger partial charge on any atom is -0.406 e. The summed E-state index contributed by atoms with van der Waals surface area (Å²) in [6, 6.07) is 16.7. The van der Waals surface area contributed by atoms with Gasteiger partial charge < -0.3 is 15.0 Å². The van der Waals surface area contributed by atoms with E-state index in [1.807, 2.05) is 31.2 Å². The number of nitrogens with one attached hydrogen (secondary N) is 1. The third-order valence-electron chi connectivity index (χ3n) is 7.32. The Balaban J connectivity index is 1.26. The number of aliphatic imine (C=N–C) groups is 1. The molecule has 0 spiro atoms. The van der Waals surface area contributed by atoms with Gasteiger partial charge in [0.15, 0.2) is 11.0 Å². The second-order valence-electron chi connectivity index (χ2n) is 10.8. The number of rotatable bonds is 6.